The zero-order chi connectivity index (χ0) is 13.2. The van der Waals surface area contributed by atoms with E-state index in [-0.39, 0.29) is 0 Å². The molecule has 0 bridgehead atoms. The van der Waals surface area contributed by atoms with Crippen LogP contribution < -0.4 is 10.2 Å². The van der Waals surface area contributed by atoms with Gasteiger partial charge in [-0.2, -0.15) is 0 Å². The molecule has 1 saturated heterocycles. The van der Waals surface area contributed by atoms with Gasteiger partial charge in [-0.1, -0.05) is 6.07 Å². The van der Waals surface area contributed by atoms with Gasteiger partial charge >= 0.3 is 0 Å². The molecule has 1 aliphatic rings. The average molecular weight is 258 g/mol. The number of aromatic nitrogens is 4. The summed E-state index contributed by atoms with van der Waals surface area (Å²) in [6.07, 6.45) is 1.77. The molecule has 2 aromatic heterocycles. The number of piperazine rings is 1. The Balaban J connectivity index is 1.95. The molecule has 2 aromatic rings. The summed E-state index contributed by atoms with van der Waals surface area (Å²) in [6.45, 7) is 5.11. The maximum Gasteiger partial charge on any atom is 0.227 e. The molecule has 0 amide bonds. The normalized spacial score (nSPS) is 19.7. The molecular formula is C13H18N6. The smallest absolute Gasteiger partial charge is 0.227 e. The number of hydrogen-bond acceptors (Lipinski definition) is 5. The van der Waals surface area contributed by atoms with E-state index in [4.69, 9.17) is 0 Å². The summed E-state index contributed by atoms with van der Waals surface area (Å²) in [5.41, 5.74) is 0.853. The van der Waals surface area contributed by atoms with Gasteiger partial charge in [-0.3, -0.25) is 9.55 Å². The molecule has 6 nitrogen and oxygen atoms in total. The minimum atomic E-state index is 0.424. The van der Waals surface area contributed by atoms with Crippen LogP contribution in [-0.4, -0.2) is 45.4 Å². The van der Waals surface area contributed by atoms with Crippen molar-refractivity contribution in [3.63, 3.8) is 0 Å². The summed E-state index contributed by atoms with van der Waals surface area (Å²) in [5.74, 6) is 1.72. The van der Waals surface area contributed by atoms with Crippen molar-refractivity contribution in [3.8, 4) is 11.5 Å². The highest BCUT2D eigenvalue weighted by Crippen LogP contribution is 2.21. The number of pyridine rings is 1. The lowest BCUT2D eigenvalue weighted by Crippen LogP contribution is -2.50. The molecule has 1 aliphatic heterocycles. The molecule has 0 radical (unpaired) electrons. The van der Waals surface area contributed by atoms with Crippen LogP contribution in [0.2, 0.25) is 0 Å². The third kappa shape index (κ3) is 2.19. The Hall–Kier alpha value is -1.95. The molecule has 0 aliphatic carbocycles. The lowest BCUT2D eigenvalue weighted by Gasteiger charge is -2.34. The second kappa shape index (κ2) is 4.97. The standard InChI is InChI=1S/C13H18N6/c1-10-9-14-7-8-19(10)13-17-16-12(18(13)2)11-5-3-4-6-15-11/h3-6,10,14H,7-9H2,1-2H3. The quantitative estimate of drug-likeness (QED) is 0.858. The van der Waals surface area contributed by atoms with Gasteiger partial charge in [-0.25, -0.2) is 0 Å². The highest BCUT2D eigenvalue weighted by Gasteiger charge is 2.23. The fraction of sp³-hybridized carbons (Fsp3) is 0.462. The molecule has 1 unspecified atom stereocenters. The predicted octanol–water partition coefficient (Wildman–Crippen LogP) is 0.675. The topological polar surface area (TPSA) is 58.9 Å². The molecule has 3 heterocycles. The maximum atomic E-state index is 4.34. The van der Waals surface area contributed by atoms with Gasteiger partial charge in [0.2, 0.25) is 5.95 Å². The Morgan fingerprint density at radius 2 is 2.21 bits per heavy atom. The van der Waals surface area contributed by atoms with Gasteiger partial charge < -0.3 is 10.2 Å². The monoisotopic (exact) mass is 258 g/mol. The molecule has 19 heavy (non-hydrogen) atoms. The van der Waals surface area contributed by atoms with Crippen LogP contribution in [0.25, 0.3) is 11.5 Å². The number of hydrogen-bond donors (Lipinski definition) is 1. The van der Waals surface area contributed by atoms with Crippen molar-refractivity contribution in [2.45, 2.75) is 13.0 Å². The molecule has 0 saturated carbocycles. The summed E-state index contributed by atoms with van der Waals surface area (Å²) >= 11 is 0. The lowest BCUT2D eigenvalue weighted by molar-refractivity contribution is 0.488. The molecule has 1 N–H and O–H groups in total. The molecule has 1 fully saturated rings. The van der Waals surface area contributed by atoms with E-state index in [0.29, 0.717) is 6.04 Å². The van der Waals surface area contributed by atoms with E-state index in [1.165, 1.54) is 0 Å². The first-order chi connectivity index (χ1) is 9.27. The van der Waals surface area contributed by atoms with Crippen molar-refractivity contribution < 1.29 is 0 Å². The van der Waals surface area contributed by atoms with Crippen LogP contribution in [0.4, 0.5) is 5.95 Å². The molecule has 3 rings (SSSR count). The zero-order valence-electron chi connectivity index (χ0n) is 11.2. The van der Waals surface area contributed by atoms with Gasteiger partial charge in [0.15, 0.2) is 5.82 Å². The van der Waals surface area contributed by atoms with Crippen LogP contribution in [0.1, 0.15) is 6.92 Å². The summed E-state index contributed by atoms with van der Waals surface area (Å²) in [6, 6.07) is 6.24. The van der Waals surface area contributed by atoms with Crippen molar-refractivity contribution >= 4 is 5.95 Å². The third-order valence-corrected chi connectivity index (χ3v) is 3.50. The SMILES string of the molecule is CC1CNCCN1c1nnc(-c2ccccn2)n1C. The number of nitrogens with one attached hydrogen (secondary N) is 1. The second-order valence-corrected chi connectivity index (χ2v) is 4.84. The van der Waals surface area contributed by atoms with Crippen molar-refractivity contribution in [1.82, 2.24) is 25.1 Å². The first kappa shape index (κ1) is 12.1. The number of anilines is 1. The first-order valence-corrected chi connectivity index (χ1v) is 6.55. The van der Waals surface area contributed by atoms with Gasteiger partial charge in [-0.15, -0.1) is 10.2 Å². The predicted molar refractivity (Wildman–Crippen MR) is 73.9 cm³/mol. The Morgan fingerprint density at radius 1 is 1.32 bits per heavy atom. The summed E-state index contributed by atoms with van der Waals surface area (Å²) in [7, 11) is 1.99. The van der Waals surface area contributed by atoms with Crippen LogP contribution in [0.3, 0.4) is 0 Å². The molecule has 6 heteroatoms. The maximum absolute atomic E-state index is 4.34. The Bertz CT molecular complexity index is 550. The van der Waals surface area contributed by atoms with Crippen LogP contribution >= 0.6 is 0 Å². The van der Waals surface area contributed by atoms with Gasteiger partial charge in [0.1, 0.15) is 5.69 Å². The van der Waals surface area contributed by atoms with Gasteiger partial charge in [0.05, 0.1) is 0 Å². The highest BCUT2D eigenvalue weighted by molar-refractivity contribution is 5.52. The zero-order valence-corrected chi connectivity index (χ0v) is 11.2. The van der Waals surface area contributed by atoms with E-state index in [9.17, 15) is 0 Å². The fourth-order valence-corrected chi connectivity index (χ4v) is 2.43. The summed E-state index contributed by atoms with van der Waals surface area (Å²) in [4.78, 5) is 6.62. The highest BCUT2D eigenvalue weighted by atomic mass is 15.4. The van der Waals surface area contributed by atoms with Crippen molar-refractivity contribution in [1.29, 1.82) is 0 Å². The van der Waals surface area contributed by atoms with Crippen molar-refractivity contribution in [2.75, 3.05) is 24.5 Å². The van der Waals surface area contributed by atoms with Crippen molar-refractivity contribution in [2.24, 2.45) is 7.05 Å². The van der Waals surface area contributed by atoms with E-state index in [1.807, 2.05) is 29.8 Å². The van der Waals surface area contributed by atoms with E-state index < -0.39 is 0 Å². The van der Waals surface area contributed by atoms with Crippen LogP contribution in [0.5, 0.6) is 0 Å². The summed E-state index contributed by atoms with van der Waals surface area (Å²) < 4.78 is 2.02. The van der Waals surface area contributed by atoms with Crippen LogP contribution in [0.15, 0.2) is 24.4 Å². The van der Waals surface area contributed by atoms with Crippen LogP contribution in [-0.2, 0) is 7.05 Å². The second-order valence-electron chi connectivity index (χ2n) is 4.84. The van der Waals surface area contributed by atoms with Gasteiger partial charge in [0.25, 0.3) is 0 Å². The van der Waals surface area contributed by atoms with E-state index in [2.05, 4.69) is 32.3 Å². The molecule has 1 atom stereocenters. The third-order valence-electron chi connectivity index (χ3n) is 3.50. The number of nitrogens with zero attached hydrogens (tertiary/aromatic N) is 5. The molecular weight excluding hydrogens is 240 g/mol. The van der Waals surface area contributed by atoms with E-state index >= 15 is 0 Å². The molecule has 0 spiro atoms. The first-order valence-electron chi connectivity index (χ1n) is 6.55. The van der Waals surface area contributed by atoms with Gasteiger partial charge in [-0.05, 0) is 19.1 Å². The van der Waals surface area contributed by atoms with Crippen LogP contribution in [0, 0.1) is 0 Å². The molecule has 100 valence electrons. The average Bonchev–Trinajstić information content (AvgIpc) is 2.82. The molecule has 0 aromatic carbocycles. The van der Waals surface area contributed by atoms with E-state index in [1.54, 1.807) is 6.20 Å². The van der Waals surface area contributed by atoms with E-state index in [0.717, 1.165) is 37.1 Å². The Morgan fingerprint density at radius 3 is 2.95 bits per heavy atom. The minimum Gasteiger partial charge on any atom is -0.336 e. The fourth-order valence-electron chi connectivity index (χ4n) is 2.43. The van der Waals surface area contributed by atoms with Crippen molar-refractivity contribution in [3.05, 3.63) is 24.4 Å². The lowest BCUT2D eigenvalue weighted by atomic mass is 10.2. The minimum absolute atomic E-state index is 0.424. The van der Waals surface area contributed by atoms with Gasteiger partial charge in [0, 0.05) is 38.9 Å². The number of rotatable bonds is 2. The largest absolute Gasteiger partial charge is 0.336 e. The summed E-state index contributed by atoms with van der Waals surface area (Å²) in [5, 5.41) is 12.0. The Kier molecular flexibility index (Phi) is 3.16. The Labute approximate surface area is 112 Å².